The molecule has 0 aromatic heterocycles. The minimum Gasteiger partial charge on any atom is -0.375 e. The number of halogens is 1. The summed E-state index contributed by atoms with van der Waals surface area (Å²) in [6.07, 6.45) is 0. The number of carbonyl (C=O) groups excluding carboxylic acids is 2. The highest BCUT2D eigenvalue weighted by Crippen LogP contribution is 2.23. The highest BCUT2D eigenvalue weighted by Gasteiger charge is 2.14. The zero-order valence-electron chi connectivity index (χ0n) is 11.4. The Labute approximate surface area is 121 Å². The Morgan fingerprint density at radius 3 is 2.43 bits per heavy atom. The van der Waals surface area contributed by atoms with Crippen LogP contribution in [0.5, 0.6) is 0 Å². The second-order valence-electron chi connectivity index (χ2n) is 4.36. The standard InChI is InChI=1S/C16H14FNO3/c1-21-10-15(19)18-16(20)14-5-3-2-4-13(14)11-6-8-12(17)9-7-11/h2-9H,10H2,1H3,(H,18,19,20). The van der Waals surface area contributed by atoms with E-state index in [1.165, 1.54) is 19.2 Å². The van der Waals surface area contributed by atoms with Crippen molar-refractivity contribution in [2.45, 2.75) is 0 Å². The average Bonchev–Trinajstić information content (AvgIpc) is 2.48. The molecule has 0 atom stereocenters. The normalized spacial score (nSPS) is 10.2. The fraction of sp³-hybridized carbons (Fsp3) is 0.125. The van der Waals surface area contributed by atoms with Gasteiger partial charge in [-0.15, -0.1) is 0 Å². The van der Waals surface area contributed by atoms with Crippen LogP contribution in [-0.2, 0) is 9.53 Å². The maximum Gasteiger partial charge on any atom is 0.258 e. The fourth-order valence-corrected chi connectivity index (χ4v) is 1.92. The van der Waals surface area contributed by atoms with Crippen LogP contribution in [-0.4, -0.2) is 25.5 Å². The van der Waals surface area contributed by atoms with Crippen LogP contribution in [0.1, 0.15) is 10.4 Å². The molecule has 2 amide bonds. The zero-order valence-corrected chi connectivity index (χ0v) is 11.4. The largest absolute Gasteiger partial charge is 0.375 e. The number of hydrogen-bond acceptors (Lipinski definition) is 3. The first-order valence-corrected chi connectivity index (χ1v) is 6.30. The van der Waals surface area contributed by atoms with E-state index in [-0.39, 0.29) is 12.4 Å². The van der Waals surface area contributed by atoms with Gasteiger partial charge in [0.1, 0.15) is 12.4 Å². The monoisotopic (exact) mass is 287 g/mol. The van der Waals surface area contributed by atoms with Gasteiger partial charge in [-0.05, 0) is 29.3 Å². The van der Waals surface area contributed by atoms with E-state index >= 15 is 0 Å². The van der Waals surface area contributed by atoms with Crippen molar-refractivity contribution in [1.29, 1.82) is 0 Å². The minimum atomic E-state index is -0.517. The Balaban J connectivity index is 2.30. The second kappa shape index (κ2) is 6.76. The first-order valence-electron chi connectivity index (χ1n) is 6.30. The van der Waals surface area contributed by atoms with Gasteiger partial charge < -0.3 is 4.74 Å². The maximum atomic E-state index is 13.0. The van der Waals surface area contributed by atoms with Gasteiger partial charge in [-0.2, -0.15) is 0 Å². The Morgan fingerprint density at radius 1 is 1.10 bits per heavy atom. The molecule has 0 radical (unpaired) electrons. The lowest BCUT2D eigenvalue weighted by atomic mass is 9.99. The van der Waals surface area contributed by atoms with Gasteiger partial charge in [0, 0.05) is 12.7 Å². The van der Waals surface area contributed by atoms with Crippen LogP contribution < -0.4 is 5.32 Å². The second-order valence-corrected chi connectivity index (χ2v) is 4.36. The summed E-state index contributed by atoms with van der Waals surface area (Å²) in [5.41, 5.74) is 1.66. The number of benzene rings is 2. The van der Waals surface area contributed by atoms with Crippen LogP contribution in [0.25, 0.3) is 11.1 Å². The number of methoxy groups -OCH3 is 1. The van der Waals surface area contributed by atoms with Gasteiger partial charge in [-0.1, -0.05) is 30.3 Å². The third kappa shape index (κ3) is 3.73. The van der Waals surface area contributed by atoms with Crippen LogP contribution in [0.2, 0.25) is 0 Å². The average molecular weight is 287 g/mol. The summed E-state index contributed by atoms with van der Waals surface area (Å²) in [6, 6.07) is 12.6. The van der Waals surface area contributed by atoms with E-state index in [0.29, 0.717) is 16.7 Å². The summed E-state index contributed by atoms with van der Waals surface area (Å²) in [4.78, 5) is 23.5. The quantitative estimate of drug-likeness (QED) is 0.939. The molecule has 0 saturated heterocycles. The van der Waals surface area contributed by atoms with Crippen molar-refractivity contribution < 1.29 is 18.7 Å². The van der Waals surface area contributed by atoms with Gasteiger partial charge >= 0.3 is 0 Å². The first kappa shape index (κ1) is 14.9. The van der Waals surface area contributed by atoms with Crippen molar-refractivity contribution in [3.63, 3.8) is 0 Å². The molecule has 0 bridgehead atoms. The topological polar surface area (TPSA) is 55.4 Å². The highest BCUT2D eigenvalue weighted by molar-refractivity contribution is 6.08. The molecule has 1 N–H and O–H groups in total. The molecule has 2 aromatic rings. The number of hydrogen-bond donors (Lipinski definition) is 1. The van der Waals surface area contributed by atoms with Crippen molar-refractivity contribution in [2.24, 2.45) is 0 Å². The molecule has 2 rings (SSSR count). The van der Waals surface area contributed by atoms with Gasteiger partial charge in [-0.3, -0.25) is 14.9 Å². The van der Waals surface area contributed by atoms with Crippen LogP contribution in [0.4, 0.5) is 4.39 Å². The number of carbonyl (C=O) groups is 2. The van der Waals surface area contributed by atoms with E-state index in [0.717, 1.165) is 0 Å². The molecule has 4 nitrogen and oxygen atoms in total. The van der Waals surface area contributed by atoms with Crippen molar-refractivity contribution >= 4 is 11.8 Å². The van der Waals surface area contributed by atoms with Gasteiger partial charge in [-0.25, -0.2) is 4.39 Å². The molecule has 0 unspecified atom stereocenters. The smallest absolute Gasteiger partial charge is 0.258 e. The molecule has 0 spiro atoms. The van der Waals surface area contributed by atoms with Gasteiger partial charge in [0.2, 0.25) is 0 Å². The van der Waals surface area contributed by atoms with Crippen molar-refractivity contribution in [2.75, 3.05) is 13.7 Å². The Morgan fingerprint density at radius 2 is 1.76 bits per heavy atom. The predicted molar refractivity (Wildman–Crippen MR) is 76.2 cm³/mol. The summed E-state index contributed by atoms with van der Waals surface area (Å²) in [6.45, 7) is -0.190. The number of nitrogens with one attached hydrogen (secondary N) is 1. The van der Waals surface area contributed by atoms with Crippen LogP contribution in [0.15, 0.2) is 48.5 Å². The number of imide groups is 1. The van der Waals surface area contributed by atoms with Crippen LogP contribution >= 0.6 is 0 Å². The van der Waals surface area contributed by atoms with E-state index < -0.39 is 11.8 Å². The first-order chi connectivity index (χ1) is 10.1. The molecule has 0 aliphatic rings. The zero-order chi connectivity index (χ0) is 15.2. The van der Waals surface area contributed by atoms with Gasteiger partial charge in [0.25, 0.3) is 11.8 Å². The molecule has 0 aliphatic heterocycles. The van der Waals surface area contributed by atoms with Gasteiger partial charge in [0.05, 0.1) is 0 Å². The van der Waals surface area contributed by atoms with Crippen molar-refractivity contribution in [3.05, 3.63) is 59.9 Å². The fourth-order valence-electron chi connectivity index (χ4n) is 1.92. The van der Waals surface area contributed by atoms with Gasteiger partial charge in [0.15, 0.2) is 0 Å². The molecule has 108 valence electrons. The van der Waals surface area contributed by atoms with Crippen LogP contribution in [0, 0.1) is 5.82 Å². The van der Waals surface area contributed by atoms with Crippen molar-refractivity contribution in [3.8, 4) is 11.1 Å². The summed E-state index contributed by atoms with van der Waals surface area (Å²) in [5, 5.41) is 2.24. The molecule has 0 aliphatic carbocycles. The Bertz CT molecular complexity index is 653. The number of ether oxygens (including phenoxy) is 1. The summed E-state index contributed by atoms with van der Waals surface area (Å²) in [7, 11) is 1.37. The lowest BCUT2D eigenvalue weighted by molar-refractivity contribution is -0.123. The maximum absolute atomic E-state index is 13.0. The predicted octanol–water partition coefficient (Wildman–Crippen LogP) is 2.40. The van der Waals surface area contributed by atoms with E-state index in [9.17, 15) is 14.0 Å². The summed E-state index contributed by atoms with van der Waals surface area (Å²) < 4.78 is 17.6. The molecule has 0 saturated carbocycles. The highest BCUT2D eigenvalue weighted by atomic mass is 19.1. The molecule has 5 heteroatoms. The molecule has 0 fully saturated rings. The Hall–Kier alpha value is -2.53. The van der Waals surface area contributed by atoms with E-state index in [4.69, 9.17) is 0 Å². The minimum absolute atomic E-state index is 0.190. The molecule has 0 heterocycles. The molecule has 21 heavy (non-hydrogen) atoms. The van der Waals surface area contributed by atoms with E-state index in [1.807, 2.05) is 0 Å². The molecular formula is C16H14FNO3. The number of rotatable bonds is 4. The van der Waals surface area contributed by atoms with E-state index in [1.54, 1.807) is 36.4 Å². The molecule has 2 aromatic carbocycles. The number of amides is 2. The molecular weight excluding hydrogens is 273 g/mol. The van der Waals surface area contributed by atoms with Crippen LogP contribution in [0.3, 0.4) is 0 Å². The van der Waals surface area contributed by atoms with E-state index in [2.05, 4.69) is 10.1 Å². The van der Waals surface area contributed by atoms with Crippen molar-refractivity contribution in [1.82, 2.24) is 5.32 Å². The third-order valence-electron chi connectivity index (χ3n) is 2.86. The lowest BCUT2D eigenvalue weighted by Gasteiger charge is -2.09. The SMILES string of the molecule is COCC(=O)NC(=O)c1ccccc1-c1ccc(F)cc1. The Kier molecular flexibility index (Phi) is 4.79. The third-order valence-corrected chi connectivity index (χ3v) is 2.86. The lowest BCUT2D eigenvalue weighted by Crippen LogP contribution is -2.33. The summed E-state index contributed by atoms with van der Waals surface area (Å²) >= 11 is 0. The summed E-state index contributed by atoms with van der Waals surface area (Å²) in [5.74, 6) is -1.38.